The predicted molar refractivity (Wildman–Crippen MR) is 189 cm³/mol. The highest BCUT2D eigenvalue weighted by molar-refractivity contribution is 7.98. The van der Waals surface area contributed by atoms with E-state index in [1.807, 2.05) is 6.26 Å². The lowest BCUT2D eigenvalue weighted by molar-refractivity contribution is -0.159. The van der Waals surface area contributed by atoms with E-state index in [9.17, 15) is 18.4 Å². The number of rotatable bonds is 11. The molecule has 15 heteroatoms. The van der Waals surface area contributed by atoms with Crippen molar-refractivity contribution in [2.75, 3.05) is 58.1 Å². The Labute approximate surface area is 304 Å². The summed E-state index contributed by atoms with van der Waals surface area (Å²) in [5, 5.41) is 6.29. The molecule has 0 bridgehead atoms. The van der Waals surface area contributed by atoms with Crippen molar-refractivity contribution in [2.45, 2.75) is 55.6 Å². The summed E-state index contributed by atoms with van der Waals surface area (Å²) in [6.07, 6.45) is 5.93. The molecule has 1 spiro atoms. The summed E-state index contributed by atoms with van der Waals surface area (Å²) < 4.78 is 70.7. The smallest absolute Gasteiger partial charge is 0.275 e. The summed E-state index contributed by atoms with van der Waals surface area (Å²) in [7, 11) is 1.65. The molecular formula is C37H42F4N6O4S. The SMILES string of the molecule is CSc1ccc(-c2cc(C(C)(F)F)ccc2NC(=O)C2=C(N)C3(CCCC3)N(C)N(Cc3ccc(OCCN4CCOCC4)c(F)c3F)C2=O)cn1. The molecule has 3 N–H and O–H groups in total. The van der Waals surface area contributed by atoms with E-state index < -0.39 is 41.5 Å². The normalized spacial score (nSPS) is 18.4. The molecule has 278 valence electrons. The van der Waals surface area contributed by atoms with E-state index in [1.165, 1.54) is 53.3 Å². The number of halogens is 4. The van der Waals surface area contributed by atoms with Crippen molar-refractivity contribution in [3.63, 3.8) is 0 Å². The van der Waals surface area contributed by atoms with Crippen LogP contribution in [0, 0.1) is 11.6 Å². The molecule has 10 nitrogen and oxygen atoms in total. The van der Waals surface area contributed by atoms with Gasteiger partial charge in [0.25, 0.3) is 17.7 Å². The minimum atomic E-state index is -3.17. The van der Waals surface area contributed by atoms with Gasteiger partial charge in [-0.25, -0.2) is 23.2 Å². The van der Waals surface area contributed by atoms with Crippen LogP contribution in [0.25, 0.3) is 11.1 Å². The number of aromatic nitrogens is 1. The number of ether oxygens (including phenoxy) is 2. The quantitative estimate of drug-likeness (QED) is 0.140. The van der Waals surface area contributed by atoms with Gasteiger partial charge in [-0.05, 0) is 43.4 Å². The zero-order valence-corrected chi connectivity index (χ0v) is 30.1. The van der Waals surface area contributed by atoms with Crippen LogP contribution < -0.4 is 15.8 Å². The Morgan fingerprint density at radius 2 is 1.83 bits per heavy atom. The molecule has 3 aromatic rings. The lowest BCUT2D eigenvalue weighted by Crippen LogP contribution is -2.63. The first-order valence-electron chi connectivity index (χ1n) is 17.1. The van der Waals surface area contributed by atoms with Crippen molar-refractivity contribution in [1.29, 1.82) is 0 Å². The molecule has 1 aromatic heterocycles. The number of hydrogen-bond donors (Lipinski definition) is 2. The Bertz CT molecular complexity index is 1840. The van der Waals surface area contributed by atoms with Crippen LogP contribution in [-0.4, -0.2) is 90.0 Å². The zero-order chi connectivity index (χ0) is 37.2. The number of carbonyl (C=O) groups is 2. The van der Waals surface area contributed by atoms with Gasteiger partial charge in [-0.3, -0.25) is 19.5 Å². The number of alkyl halides is 2. The number of anilines is 1. The number of carbonyl (C=O) groups excluding carboxylic acids is 2. The van der Waals surface area contributed by atoms with Gasteiger partial charge in [0, 0.05) is 73.4 Å². The number of likely N-dealkylation sites (N-methyl/N-ethyl adjacent to an activating group) is 1. The zero-order valence-electron chi connectivity index (χ0n) is 29.3. The summed E-state index contributed by atoms with van der Waals surface area (Å²) in [6.45, 7) is 3.73. The number of morpholine rings is 1. The Kier molecular flexibility index (Phi) is 11.1. The molecule has 1 saturated carbocycles. The molecule has 0 atom stereocenters. The standard InChI is InChI=1S/C37H42F4N6O4S/c1-36(40,41)25-8-9-27(26(20-25)23-7-11-29(52-3)43-21-23)44-34(48)30-33(42)37(12-4-5-13-37)45(2)47(35(30)49)22-24-6-10-28(32(39)31(24)38)51-19-16-46-14-17-50-18-15-46/h6-11,20-21H,4-5,12-19,22,42H2,1-3H3,(H,44,48). The van der Waals surface area contributed by atoms with Crippen molar-refractivity contribution >= 4 is 29.3 Å². The highest BCUT2D eigenvalue weighted by Gasteiger charge is 2.51. The number of nitrogens with two attached hydrogens (primary N) is 1. The number of benzene rings is 2. The predicted octanol–water partition coefficient (Wildman–Crippen LogP) is 5.92. The third-order valence-corrected chi connectivity index (χ3v) is 10.8. The second kappa shape index (κ2) is 15.4. The first-order chi connectivity index (χ1) is 24.8. The lowest BCUT2D eigenvalue weighted by atomic mass is 9.86. The first-order valence-corrected chi connectivity index (χ1v) is 18.4. The number of amides is 2. The van der Waals surface area contributed by atoms with Gasteiger partial charge in [-0.15, -0.1) is 11.8 Å². The molecule has 0 radical (unpaired) electrons. The van der Waals surface area contributed by atoms with Crippen LogP contribution in [0.4, 0.5) is 23.2 Å². The molecule has 2 fully saturated rings. The third-order valence-electron chi connectivity index (χ3n) is 10.1. The van der Waals surface area contributed by atoms with Gasteiger partial charge in [0.05, 0.1) is 30.3 Å². The minimum absolute atomic E-state index is 0.0613. The van der Waals surface area contributed by atoms with Crippen LogP contribution in [0.2, 0.25) is 0 Å². The van der Waals surface area contributed by atoms with Crippen LogP contribution in [-0.2, 0) is 26.8 Å². The van der Waals surface area contributed by atoms with Gasteiger partial charge in [-0.1, -0.05) is 31.0 Å². The highest BCUT2D eigenvalue weighted by Crippen LogP contribution is 2.44. The fourth-order valence-corrected chi connectivity index (χ4v) is 7.42. The molecule has 3 heterocycles. The van der Waals surface area contributed by atoms with Gasteiger partial charge in [0.1, 0.15) is 12.2 Å². The van der Waals surface area contributed by atoms with Gasteiger partial charge in [0.2, 0.25) is 5.82 Å². The number of hydrazine groups is 1. The minimum Gasteiger partial charge on any atom is -0.489 e. The number of nitrogens with one attached hydrogen (secondary N) is 1. The Morgan fingerprint density at radius 3 is 2.48 bits per heavy atom. The van der Waals surface area contributed by atoms with Crippen LogP contribution in [0.5, 0.6) is 5.75 Å². The second-order valence-electron chi connectivity index (χ2n) is 13.3. The maximum Gasteiger partial charge on any atom is 0.275 e. The second-order valence-corrected chi connectivity index (χ2v) is 14.1. The van der Waals surface area contributed by atoms with E-state index in [0.717, 1.165) is 32.9 Å². The molecule has 3 aliphatic rings. The largest absolute Gasteiger partial charge is 0.489 e. The maximum atomic E-state index is 15.6. The first kappa shape index (κ1) is 37.6. The fourth-order valence-electron chi connectivity index (χ4n) is 7.06. The van der Waals surface area contributed by atoms with Gasteiger partial charge in [-0.2, -0.15) is 4.39 Å². The summed E-state index contributed by atoms with van der Waals surface area (Å²) in [4.78, 5) is 34.8. The van der Waals surface area contributed by atoms with E-state index in [4.69, 9.17) is 15.2 Å². The lowest BCUT2D eigenvalue weighted by Gasteiger charge is -2.49. The number of nitrogens with zero attached hydrogens (tertiary/aromatic N) is 4. The Hall–Kier alpha value is -4.18. The topological polar surface area (TPSA) is 113 Å². The van der Waals surface area contributed by atoms with Crippen molar-refractivity contribution in [1.82, 2.24) is 19.9 Å². The van der Waals surface area contributed by atoms with Crippen molar-refractivity contribution in [3.8, 4) is 16.9 Å². The molecule has 6 rings (SSSR count). The van der Waals surface area contributed by atoms with Crippen LogP contribution >= 0.6 is 11.8 Å². The van der Waals surface area contributed by atoms with Gasteiger partial charge < -0.3 is 20.5 Å². The number of thioether (sulfide) groups is 1. The molecule has 2 aromatic carbocycles. The monoisotopic (exact) mass is 742 g/mol. The van der Waals surface area contributed by atoms with Gasteiger partial charge in [0.15, 0.2) is 11.6 Å². The van der Waals surface area contributed by atoms with Gasteiger partial charge >= 0.3 is 0 Å². The van der Waals surface area contributed by atoms with E-state index in [0.29, 0.717) is 43.2 Å². The molecule has 2 aliphatic heterocycles. The fraction of sp³-hybridized carbons (Fsp3) is 0.432. The molecule has 52 heavy (non-hydrogen) atoms. The summed E-state index contributed by atoms with van der Waals surface area (Å²) in [5.41, 5.74) is 5.98. The molecular weight excluding hydrogens is 701 g/mol. The van der Waals surface area contributed by atoms with Crippen LogP contribution in [0.15, 0.2) is 65.0 Å². The van der Waals surface area contributed by atoms with Crippen molar-refractivity contribution in [3.05, 3.63) is 82.7 Å². The summed E-state index contributed by atoms with van der Waals surface area (Å²) in [6, 6.07) is 9.96. The average Bonchev–Trinajstić information content (AvgIpc) is 3.64. The Balaban J connectivity index is 1.28. The highest BCUT2D eigenvalue weighted by atomic mass is 32.2. The van der Waals surface area contributed by atoms with E-state index >= 15 is 8.78 Å². The van der Waals surface area contributed by atoms with Crippen LogP contribution in [0.1, 0.15) is 43.7 Å². The summed E-state index contributed by atoms with van der Waals surface area (Å²) in [5.74, 6) is -7.43. The molecule has 0 unspecified atom stereocenters. The number of hydrogen-bond acceptors (Lipinski definition) is 9. The third kappa shape index (κ3) is 7.49. The average molecular weight is 743 g/mol. The molecule has 1 saturated heterocycles. The van der Waals surface area contributed by atoms with E-state index in [1.54, 1.807) is 24.2 Å². The van der Waals surface area contributed by atoms with E-state index in [-0.39, 0.29) is 46.0 Å². The number of pyridine rings is 1. The molecule has 1 aliphatic carbocycles. The maximum absolute atomic E-state index is 15.6. The molecule has 2 amide bonds. The van der Waals surface area contributed by atoms with Crippen LogP contribution in [0.3, 0.4) is 0 Å². The van der Waals surface area contributed by atoms with E-state index in [2.05, 4.69) is 15.2 Å². The van der Waals surface area contributed by atoms with Crippen molar-refractivity contribution < 1.29 is 36.6 Å². The Morgan fingerprint density at radius 1 is 1.10 bits per heavy atom. The summed E-state index contributed by atoms with van der Waals surface area (Å²) >= 11 is 1.41. The van der Waals surface area contributed by atoms with Crippen molar-refractivity contribution in [2.24, 2.45) is 5.73 Å².